The molecule has 1 aromatic rings. The van der Waals surface area contributed by atoms with Crippen molar-refractivity contribution in [2.45, 2.75) is 32.2 Å². The van der Waals surface area contributed by atoms with Crippen molar-refractivity contribution in [3.63, 3.8) is 0 Å². The van der Waals surface area contributed by atoms with E-state index >= 15 is 0 Å². The van der Waals surface area contributed by atoms with E-state index in [1.807, 2.05) is 17.9 Å². The molecule has 1 atom stereocenters. The summed E-state index contributed by atoms with van der Waals surface area (Å²) in [6, 6.07) is 0.357. The molecule has 0 aromatic carbocycles. The van der Waals surface area contributed by atoms with Crippen LogP contribution in [0.5, 0.6) is 0 Å². The average Bonchev–Trinajstić information content (AvgIpc) is 2.73. The minimum Gasteiger partial charge on any atom is -0.328 e. The predicted octanol–water partition coefficient (Wildman–Crippen LogP) is 1.02. The molecule has 1 fully saturated rings. The Morgan fingerprint density at radius 2 is 2.18 bits per heavy atom. The van der Waals surface area contributed by atoms with Crippen LogP contribution in [0.25, 0.3) is 0 Å². The first kappa shape index (κ1) is 12.6. The highest BCUT2D eigenvalue weighted by Crippen LogP contribution is 2.19. The first-order valence-corrected chi connectivity index (χ1v) is 6.60. The van der Waals surface area contributed by atoms with E-state index < -0.39 is 0 Å². The van der Waals surface area contributed by atoms with Gasteiger partial charge in [0.15, 0.2) is 0 Å². The number of piperidine rings is 1. The normalized spacial score (nSPS) is 20.6. The molecule has 2 rings (SSSR count). The maximum atomic E-state index is 5.95. The molecule has 96 valence electrons. The summed E-state index contributed by atoms with van der Waals surface area (Å²) in [4.78, 5) is 2.55. The van der Waals surface area contributed by atoms with Gasteiger partial charge in [-0.05, 0) is 50.8 Å². The lowest BCUT2D eigenvalue weighted by molar-refractivity contribution is 0.174. The highest BCUT2D eigenvalue weighted by atomic mass is 15.2. The molecule has 0 spiro atoms. The Kier molecular flexibility index (Phi) is 4.18. The lowest BCUT2D eigenvalue weighted by Gasteiger charge is -2.33. The molecule has 4 nitrogen and oxygen atoms in total. The Balaban J connectivity index is 1.71. The SMILES string of the molecule is CC(N)C1CCN(CCc2cnn(C)c2)CC1. The van der Waals surface area contributed by atoms with Crippen LogP contribution in [-0.4, -0.2) is 40.4 Å². The number of hydrogen-bond acceptors (Lipinski definition) is 3. The fraction of sp³-hybridized carbons (Fsp3) is 0.769. The summed E-state index contributed by atoms with van der Waals surface area (Å²) in [5.74, 6) is 0.727. The zero-order chi connectivity index (χ0) is 12.3. The Morgan fingerprint density at radius 3 is 2.71 bits per heavy atom. The summed E-state index contributed by atoms with van der Waals surface area (Å²) in [5, 5.41) is 4.20. The highest BCUT2D eigenvalue weighted by molar-refractivity contribution is 5.04. The Morgan fingerprint density at radius 1 is 1.47 bits per heavy atom. The zero-order valence-corrected chi connectivity index (χ0v) is 11.0. The maximum Gasteiger partial charge on any atom is 0.0522 e. The lowest BCUT2D eigenvalue weighted by atomic mass is 9.91. The molecule has 1 unspecified atom stereocenters. The second-order valence-corrected chi connectivity index (χ2v) is 5.31. The fourth-order valence-electron chi connectivity index (χ4n) is 2.59. The molecule has 1 aliphatic heterocycles. The summed E-state index contributed by atoms with van der Waals surface area (Å²) in [6.45, 7) is 5.69. The van der Waals surface area contributed by atoms with Crippen LogP contribution in [0.4, 0.5) is 0 Å². The number of likely N-dealkylation sites (tertiary alicyclic amines) is 1. The zero-order valence-electron chi connectivity index (χ0n) is 11.0. The van der Waals surface area contributed by atoms with Crippen molar-refractivity contribution in [3.8, 4) is 0 Å². The highest BCUT2D eigenvalue weighted by Gasteiger charge is 2.21. The van der Waals surface area contributed by atoms with Crippen molar-refractivity contribution < 1.29 is 0 Å². The number of aromatic nitrogens is 2. The third-order valence-corrected chi connectivity index (χ3v) is 3.85. The molecule has 2 N–H and O–H groups in total. The van der Waals surface area contributed by atoms with Crippen LogP contribution in [0.3, 0.4) is 0 Å². The molecule has 1 saturated heterocycles. The Hall–Kier alpha value is -0.870. The van der Waals surface area contributed by atoms with Gasteiger partial charge in [0, 0.05) is 25.8 Å². The van der Waals surface area contributed by atoms with E-state index in [1.54, 1.807) is 0 Å². The van der Waals surface area contributed by atoms with Gasteiger partial charge in [0.05, 0.1) is 6.20 Å². The molecule has 1 aromatic heterocycles. The van der Waals surface area contributed by atoms with Gasteiger partial charge in [0.25, 0.3) is 0 Å². The van der Waals surface area contributed by atoms with Gasteiger partial charge < -0.3 is 10.6 Å². The molecule has 0 amide bonds. The van der Waals surface area contributed by atoms with Crippen molar-refractivity contribution in [3.05, 3.63) is 18.0 Å². The fourth-order valence-corrected chi connectivity index (χ4v) is 2.59. The van der Waals surface area contributed by atoms with E-state index in [0.29, 0.717) is 6.04 Å². The van der Waals surface area contributed by atoms with Crippen molar-refractivity contribution in [1.82, 2.24) is 14.7 Å². The van der Waals surface area contributed by atoms with E-state index in [-0.39, 0.29) is 0 Å². The van der Waals surface area contributed by atoms with Gasteiger partial charge in [-0.3, -0.25) is 4.68 Å². The Bertz CT molecular complexity index is 337. The number of hydrogen-bond donors (Lipinski definition) is 1. The van der Waals surface area contributed by atoms with Crippen molar-refractivity contribution in [1.29, 1.82) is 0 Å². The first-order chi connectivity index (χ1) is 8.15. The van der Waals surface area contributed by atoms with Gasteiger partial charge in [0.1, 0.15) is 0 Å². The minimum absolute atomic E-state index is 0.357. The summed E-state index contributed by atoms with van der Waals surface area (Å²) < 4.78 is 1.87. The molecule has 0 aliphatic carbocycles. The summed E-state index contributed by atoms with van der Waals surface area (Å²) in [6.07, 6.45) is 7.69. The van der Waals surface area contributed by atoms with Crippen molar-refractivity contribution in [2.75, 3.05) is 19.6 Å². The predicted molar refractivity (Wildman–Crippen MR) is 69.7 cm³/mol. The van der Waals surface area contributed by atoms with Crippen LogP contribution in [0, 0.1) is 5.92 Å². The van der Waals surface area contributed by atoms with Gasteiger partial charge in [-0.1, -0.05) is 0 Å². The lowest BCUT2D eigenvalue weighted by Crippen LogP contribution is -2.40. The monoisotopic (exact) mass is 236 g/mol. The second-order valence-electron chi connectivity index (χ2n) is 5.31. The van der Waals surface area contributed by atoms with E-state index in [2.05, 4.69) is 23.1 Å². The number of nitrogens with zero attached hydrogens (tertiary/aromatic N) is 3. The van der Waals surface area contributed by atoms with Crippen LogP contribution in [0.1, 0.15) is 25.3 Å². The van der Waals surface area contributed by atoms with Gasteiger partial charge in [0.2, 0.25) is 0 Å². The van der Waals surface area contributed by atoms with Gasteiger partial charge in [-0.25, -0.2) is 0 Å². The van der Waals surface area contributed by atoms with Crippen molar-refractivity contribution in [2.24, 2.45) is 18.7 Å². The van der Waals surface area contributed by atoms with Crippen LogP contribution >= 0.6 is 0 Å². The number of rotatable bonds is 4. The van der Waals surface area contributed by atoms with Crippen LogP contribution < -0.4 is 5.73 Å². The average molecular weight is 236 g/mol. The van der Waals surface area contributed by atoms with Gasteiger partial charge >= 0.3 is 0 Å². The first-order valence-electron chi connectivity index (χ1n) is 6.60. The standard InChI is InChI=1S/C13H24N4/c1-11(14)13-4-7-17(8-5-13)6-3-12-9-15-16(2)10-12/h9-11,13H,3-8,14H2,1-2H3. The van der Waals surface area contributed by atoms with Gasteiger partial charge in [-0.2, -0.15) is 5.10 Å². The topological polar surface area (TPSA) is 47.1 Å². The number of aryl methyl sites for hydroxylation is 1. The molecular weight excluding hydrogens is 212 g/mol. The molecule has 0 bridgehead atoms. The second kappa shape index (κ2) is 5.65. The molecule has 0 saturated carbocycles. The summed E-state index contributed by atoms with van der Waals surface area (Å²) in [7, 11) is 1.97. The Labute approximate surface area is 104 Å². The van der Waals surface area contributed by atoms with Gasteiger partial charge in [-0.15, -0.1) is 0 Å². The quantitative estimate of drug-likeness (QED) is 0.849. The molecule has 17 heavy (non-hydrogen) atoms. The van der Waals surface area contributed by atoms with Crippen LogP contribution in [0.2, 0.25) is 0 Å². The largest absolute Gasteiger partial charge is 0.328 e. The van der Waals surface area contributed by atoms with Crippen LogP contribution in [-0.2, 0) is 13.5 Å². The van der Waals surface area contributed by atoms with Crippen molar-refractivity contribution >= 4 is 0 Å². The third-order valence-electron chi connectivity index (χ3n) is 3.85. The summed E-state index contributed by atoms with van der Waals surface area (Å²) in [5.41, 5.74) is 7.29. The molecule has 2 heterocycles. The maximum absolute atomic E-state index is 5.95. The van der Waals surface area contributed by atoms with E-state index in [0.717, 1.165) is 18.9 Å². The molecular formula is C13H24N4. The van der Waals surface area contributed by atoms with E-state index in [1.165, 1.54) is 31.5 Å². The summed E-state index contributed by atoms with van der Waals surface area (Å²) >= 11 is 0. The molecule has 4 heteroatoms. The third kappa shape index (κ3) is 3.54. The van der Waals surface area contributed by atoms with E-state index in [9.17, 15) is 0 Å². The number of nitrogens with two attached hydrogens (primary N) is 1. The molecule has 1 aliphatic rings. The van der Waals surface area contributed by atoms with Crippen LogP contribution in [0.15, 0.2) is 12.4 Å². The smallest absolute Gasteiger partial charge is 0.0522 e. The molecule has 0 radical (unpaired) electrons. The van der Waals surface area contributed by atoms with E-state index in [4.69, 9.17) is 5.73 Å². The minimum atomic E-state index is 0.357.